The molecule has 0 spiro atoms. The van der Waals surface area contributed by atoms with Crippen LogP contribution in [-0.2, 0) is 0 Å². The first-order valence-electron chi connectivity index (χ1n) is 7.56. The van der Waals surface area contributed by atoms with Crippen LogP contribution in [0, 0.1) is 0 Å². The maximum absolute atomic E-state index is 12.6. The van der Waals surface area contributed by atoms with Gasteiger partial charge in [0.05, 0.1) is 12.9 Å². The number of benzene rings is 1. The van der Waals surface area contributed by atoms with Gasteiger partial charge in [0, 0.05) is 12.6 Å². The van der Waals surface area contributed by atoms with Gasteiger partial charge in [0.25, 0.3) is 0 Å². The van der Waals surface area contributed by atoms with Crippen molar-refractivity contribution >= 4 is 6.03 Å². The number of rotatable bonds is 6. The molecule has 3 rings (SSSR count). The molecule has 0 bridgehead atoms. The number of aliphatic hydroxyl groups is 1. The van der Waals surface area contributed by atoms with Gasteiger partial charge < -0.3 is 19.7 Å². The van der Waals surface area contributed by atoms with Gasteiger partial charge in [0.15, 0.2) is 0 Å². The van der Waals surface area contributed by atoms with Crippen LogP contribution in [0.1, 0.15) is 30.2 Å². The van der Waals surface area contributed by atoms with Crippen molar-refractivity contribution in [1.82, 2.24) is 10.2 Å². The lowest BCUT2D eigenvalue weighted by Gasteiger charge is -2.25. The number of carbonyl (C=O) groups excluding carboxylic acids is 1. The molecule has 1 atom stereocenters. The lowest BCUT2D eigenvalue weighted by atomic mass is 10.0. The first kappa shape index (κ1) is 14.7. The molecule has 0 radical (unpaired) electrons. The molecule has 5 heteroatoms. The average molecular weight is 300 g/mol. The molecule has 1 aromatic carbocycles. The van der Waals surface area contributed by atoms with Gasteiger partial charge in [0.1, 0.15) is 11.8 Å². The predicted octanol–water partition coefficient (Wildman–Crippen LogP) is 2.54. The van der Waals surface area contributed by atoms with E-state index < -0.39 is 0 Å². The Bertz CT molecular complexity index is 594. The molecule has 1 unspecified atom stereocenters. The van der Waals surface area contributed by atoms with E-state index >= 15 is 0 Å². The second-order valence-corrected chi connectivity index (χ2v) is 5.46. The third-order valence-corrected chi connectivity index (χ3v) is 3.82. The summed E-state index contributed by atoms with van der Waals surface area (Å²) in [6.45, 7) is 0.330. The van der Waals surface area contributed by atoms with Crippen LogP contribution in [0.15, 0.2) is 53.1 Å². The summed E-state index contributed by atoms with van der Waals surface area (Å²) < 4.78 is 5.48. The molecule has 1 aliphatic carbocycles. The van der Waals surface area contributed by atoms with E-state index in [2.05, 4.69) is 5.32 Å². The molecule has 0 saturated heterocycles. The van der Waals surface area contributed by atoms with Gasteiger partial charge in [-0.05, 0) is 30.5 Å². The van der Waals surface area contributed by atoms with E-state index in [1.54, 1.807) is 11.2 Å². The first-order chi connectivity index (χ1) is 10.8. The zero-order chi connectivity index (χ0) is 15.4. The smallest absolute Gasteiger partial charge is 0.318 e. The maximum Gasteiger partial charge on any atom is 0.318 e. The van der Waals surface area contributed by atoms with Crippen molar-refractivity contribution in [3.63, 3.8) is 0 Å². The van der Waals surface area contributed by atoms with Gasteiger partial charge in [-0.2, -0.15) is 0 Å². The third-order valence-electron chi connectivity index (χ3n) is 3.82. The van der Waals surface area contributed by atoms with Gasteiger partial charge in [-0.25, -0.2) is 4.79 Å². The normalized spacial score (nSPS) is 15.3. The van der Waals surface area contributed by atoms with E-state index in [0.29, 0.717) is 12.3 Å². The fourth-order valence-electron chi connectivity index (χ4n) is 2.57. The highest BCUT2D eigenvalue weighted by atomic mass is 16.3. The minimum atomic E-state index is -0.330. The Labute approximate surface area is 129 Å². The fourth-order valence-corrected chi connectivity index (χ4v) is 2.57. The van der Waals surface area contributed by atoms with E-state index in [1.165, 1.54) is 0 Å². The molecule has 0 aliphatic heterocycles. The lowest BCUT2D eigenvalue weighted by molar-refractivity contribution is 0.171. The van der Waals surface area contributed by atoms with Crippen molar-refractivity contribution < 1.29 is 14.3 Å². The van der Waals surface area contributed by atoms with E-state index in [9.17, 15) is 4.79 Å². The van der Waals surface area contributed by atoms with Crippen molar-refractivity contribution in [2.45, 2.75) is 24.9 Å². The van der Waals surface area contributed by atoms with Crippen LogP contribution in [0.2, 0.25) is 0 Å². The molecule has 1 aromatic heterocycles. The number of aliphatic hydroxyl groups excluding tert-OH is 1. The van der Waals surface area contributed by atoms with Crippen LogP contribution < -0.4 is 5.32 Å². The standard InChI is InChI=1S/C17H20N2O3/c20-11-10-19(14-8-9-14)17(21)18-16(15-7-4-12-22-15)13-5-2-1-3-6-13/h1-7,12,14,16,20H,8-11H2,(H,18,21). The SMILES string of the molecule is O=C(NC(c1ccccc1)c1ccco1)N(CCO)C1CC1. The zero-order valence-corrected chi connectivity index (χ0v) is 12.3. The van der Waals surface area contributed by atoms with Gasteiger partial charge in [-0.15, -0.1) is 0 Å². The summed E-state index contributed by atoms with van der Waals surface area (Å²) >= 11 is 0. The molecule has 1 heterocycles. The van der Waals surface area contributed by atoms with E-state index in [1.807, 2.05) is 42.5 Å². The molecule has 2 amide bonds. The lowest BCUT2D eigenvalue weighted by Crippen LogP contribution is -2.44. The number of furan rings is 1. The van der Waals surface area contributed by atoms with Gasteiger partial charge >= 0.3 is 6.03 Å². The Balaban J connectivity index is 1.79. The number of carbonyl (C=O) groups is 1. The minimum Gasteiger partial charge on any atom is -0.467 e. The topological polar surface area (TPSA) is 65.7 Å². The number of nitrogens with one attached hydrogen (secondary N) is 1. The average Bonchev–Trinajstić information content (AvgIpc) is 3.24. The van der Waals surface area contributed by atoms with Crippen molar-refractivity contribution in [1.29, 1.82) is 0 Å². The van der Waals surface area contributed by atoms with Crippen molar-refractivity contribution in [3.05, 3.63) is 60.1 Å². The first-order valence-corrected chi connectivity index (χ1v) is 7.56. The number of urea groups is 1. The summed E-state index contributed by atoms with van der Waals surface area (Å²) in [6.07, 6.45) is 3.61. The molecule has 1 fully saturated rings. The van der Waals surface area contributed by atoms with Crippen LogP contribution in [0.25, 0.3) is 0 Å². The minimum absolute atomic E-state index is 0.0271. The second-order valence-electron chi connectivity index (χ2n) is 5.46. The van der Waals surface area contributed by atoms with Crippen LogP contribution in [-0.4, -0.2) is 35.2 Å². The summed E-state index contributed by atoms with van der Waals surface area (Å²) in [7, 11) is 0. The summed E-state index contributed by atoms with van der Waals surface area (Å²) in [5, 5.41) is 12.2. The highest BCUT2D eigenvalue weighted by Gasteiger charge is 2.33. The monoisotopic (exact) mass is 300 g/mol. The van der Waals surface area contributed by atoms with E-state index in [4.69, 9.17) is 9.52 Å². The second kappa shape index (κ2) is 6.66. The van der Waals surface area contributed by atoms with Crippen molar-refractivity contribution in [3.8, 4) is 0 Å². The highest BCUT2D eigenvalue weighted by molar-refractivity contribution is 5.76. The summed E-state index contributed by atoms with van der Waals surface area (Å²) in [5.74, 6) is 0.694. The van der Waals surface area contributed by atoms with Gasteiger partial charge in [-0.1, -0.05) is 30.3 Å². The number of nitrogens with zero attached hydrogens (tertiary/aromatic N) is 1. The van der Waals surface area contributed by atoms with E-state index in [0.717, 1.165) is 18.4 Å². The molecular weight excluding hydrogens is 280 g/mol. The molecule has 5 nitrogen and oxygen atoms in total. The summed E-state index contributed by atoms with van der Waals surface area (Å²) in [4.78, 5) is 14.3. The largest absolute Gasteiger partial charge is 0.467 e. The Morgan fingerprint density at radius 2 is 2.05 bits per heavy atom. The summed E-state index contributed by atoms with van der Waals surface area (Å²) in [5.41, 5.74) is 0.963. The Kier molecular flexibility index (Phi) is 4.44. The van der Waals surface area contributed by atoms with Crippen LogP contribution in [0.4, 0.5) is 4.79 Å². The Morgan fingerprint density at radius 1 is 1.27 bits per heavy atom. The number of hydrogen-bond donors (Lipinski definition) is 2. The maximum atomic E-state index is 12.6. The summed E-state index contributed by atoms with van der Waals surface area (Å²) in [6, 6.07) is 13.1. The van der Waals surface area contributed by atoms with Crippen molar-refractivity contribution in [2.75, 3.05) is 13.2 Å². The number of hydrogen-bond acceptors (Lipinski definition) is 3. The Hall–Kier alpha value is -2.27. The van der Waals surface area contributed by atoms with Gasteiger partial charge in [0.2, 0.25) is 0 Å². The zero-order valence-electron chi connectivity index (χ0n) is 12.3. The third kappa shape index (κ3) is 3.31. The highest BCUT2D eigenvalue weighted by Crippen LogP contribution is 2.28. The van der Waals surface area contributed by atoms with Gasteiger partial charge in [-0.3, -0.25) is 0 Å². The molecule has 1 saturated carbocycles. The molecular formula is C17H20N2O3. The molecule has 1 aliphatic rings. The molecule has 2 aromatic rings. The predicted molar refractivity (Wildman–Crippen MR) is 82.3 cm³/mol. The molecule has 22 heavy (non-hydrogen) atoms. The number of amides is 2. The quantitative estimate of drug-likeness (QED) is 0.861. The van der Waals surface area contributed by atoms with Crippen LogP contribution in [0.3, 0.4) is 0 Å². The van der Waals surface area contributed by atoms with Crippen LogP contribution in [0.5, 0.6) is 0 Å². The van der Waals surface area contributed by atoms with Crippen molar-refractivity contribution in [2.24, 2.45) is 0 Å². The Morgan fingerprint density at radius 3 is 2.64 bits per heavy atom. The fraction of sp³-hybridized carbons (Fsp3) is 0.353. The molecule has 2 N–H and O–H groups in total. The van der Waals surface area contributed by atoms with Crippen LogP contribution >= 0.6 is 0 Å². The molecule has 116 valence electrons. The van der Waals surface area contributed by atoms with E-state index in [-0.39, 0.29) is 24.7 Å².